The zero-order valence-corrected chi connectivity index (χ0v) is 11.8. The van der Waals surface area contributed by atoms with Crippen LogP contribution in [0.2, 0.25) is 0 Å². The van der Waals surface area contributed by atoms with Gasteiger partial charge in [-0.3, -0.25) is 0 Å². The van der Waals surface area contributed by atoms with Gasteiger partial charge in [0.15, 0.2) is 0 Å². The predicted octanol–water partition coefficient (Wildman–Crippen LogP) is 3.84. The van der Waals surface area contributed by atoms with Crippen LogP contribution < -0.4 is 5.32 Å². The normalized spacial score (nSPS) is 43.1. The molecule has 1 heterocycles. The lowest BCUT2D eigenvalue weighted by Crippen LogP contribution is -2.41. The largest absolute Gasteiger partial charge is 0.311 e. The zero-order valence-electron chi connectivity index (χ0n) is 11.8. The fourth-order valence-corrected chi connectivity index (χ4v) is 4.59. The van der Waals surface area contributed by atoms with Crippen LogP contribution in [0.4, 0.5) is 0 Å². The summed E-state index contributed by atoms with van der Waals surface area (Å²) in [5, 5.41) is 3.76. The van der Waals surface area contributed by atoms with Crippen molar-refractivity contribution in [2.75, 3.05) is 6.54 Å². The Kier molecular flexibility index (Phi) is 3.11. The van der Waals surface area contributed by atoms with Crippen molar-refractivity contribution < 1.29 is 0 Å². The quantitative estimate of drug-likeness (QED) is 0.712. The van der Waals surface area contributed by atoms with Crippen molar-refractivity contribution >= 4 is 0 Å². The van der Waals surface area contributed by atoms with E-state index in [0.29, 0.717) is 11.0 Å². The van der Waals surface area contributed by atoms with E-state index >= 15 is 0 Å². The topological polar surface area (TPSA) is 12.0 Å². The molecule has 0 radical (unpaired) electrons. The highest BCUT2D eigenvalue weighted by atomic mass is 15.0. The lowest BCUT2D eigenvalue weighted by Gasteiger charge is -2.46. The average Bonchev–Trinajstić information content (AvgIpc) is 2.41. The molecule has 0 amide bonds. The van der Waals surface area contributed by atoms with Gasteiger partial charge in [0.1, 0.15) is 0 Å². The maximum Gasteiger partial charge on any atom is 0.0131 e. The van der Waals surface area contributed by atoms with Crippen molar-refractivity contribution in [3.8, 4) is 0 Å². The van der Waals surface area contributed by atoms with E-state index in [9.17, 15) is 0 Å². The Morgan fingerprint density at radius 1 is 1.19 bits per heavy atom. The molecular formula is C15H29N. The maximum absolute atomic E-state index is 3.76. The van der Waals surface area contributed by atoms with Crippen LogP contribution in [-0.2, 0) is 0 Å². The fourth-order valence-electron chi connectivity index (χ4n) is 4.59. The lowest BCUT2D eigenvalue weighted by atomic mass is 9.58. The monoisotopic (exact) mass is 223 g/mol. The second-order valence-corrected chi connectivity index (χ2v) is 7.51. The minimum Gasteiger partial charge on any atom is -0.311 e. The third-order valence-electron chi connectivity index (χ3n) is 5.03. The smallest absolute Gasteiger partial charge is 0.0131 e. The zero-order chi connectivity index (χ0) is 12.0. The van der Waals surface area contributed by atoms with Crippen molar-refractivity contribution in [2.24, 2.45) is 23.2 Å². The number of rotatable bonds is 1. The maximum atomic E-state index is 3.76. The Balaban J connectivity index is 2.20. The van der Waals surface area contributed by atoms with Gasteiger partial charge in [-0.2, -0.15) is 0 Å². The van der Waals surface area contributed by atoms with Gasteiger partial charge in [0.05, 0.1) is 0 Å². The van der Waals surface area contributed by atoms with Crippen LogP contribution >= 0.6 is 0 Å². The summed E-state index contributed by atoms with van der Waals surface area (Å²) in [4.78, 5) is 0. The Hall–Kier alpha value is -0.0400. The second-order valence-electron chi connectivity index (χ2n) is 7.51. The van der Waals surface area contributed by atoms with Crippen molar-refractivity contribution in [1.29, 1.82) is 0 Å². The molecule has 3 atom stereocenters. The molecule has 0 aromatic rings. The molecule has 2 aliphatic rings. The fraction of sp³-hybridized carbons (Fsp3) is 1.00. The average molecular weight is 223 g/mol. The molecule has 2 fully saturated rings. The SMILES string of the molecule is CC1CCC(C(C)C)C2(CNC(C)(C)C2)C1. The molecule has 0 aromatic carbocycles. The molecule has 16 heavy (non-hydrogen) atoms. The van der Waals surface area contributed by atoms with Crippen LogP contribution in [0.3, 0.4) is 0 Å². The van der Waals surface area contributed by atoms with Gasteiger partial charge in [0.2, 0.25) is 0 Å². The van der Waals surface area contributed by atoms with Crippen LogP contribution in [-0.4, -0.2) is 12.1 Å². The van der Waals surface area contributed by atoms with E-state index in [0.717, 1.165) is 17.8 Å². The van der Waals surface area contributed by atoms with E-state index in [2.05, 4.69) is 39.9 Å². The van der Waals surface area contributed by atoms with E-state index in [1.165, 1.54) is 32.2 Å². The molecule has 1 spiro atoms. The molecule has 1 saturated heterocycles. The van der Waals surface area contributed by atoms with Crippen molar-refractivity contribution in [3.05, 3.63) is 0 Å². The highest BCUT2D eigenvalue weighted by Crippen LogP contribution is 2.53. The first-order valence-corrected chi connectivity index (χ1v) is 7.10. The third kappa shape index (κ3) is 2.16. The van der Waals surface area contributed by atoms with E-state index in [-0.39, 0.29) is 0 Å². The third-order valence-corrected chi connectivity index (χ3v) is 5.03. The van der Waals surface area contributed by atoms with Gasteiger partial charge in [0.25, 0.3) is 0 Å². The molecule has 1 nitrogen and oxygen atoms in total. The summed E-state index contributed by atoms with van der Waals surface area (Å²) in [5.41, 5.74) is 0.972. The van der Waals surface area contributed by atoms with Crippen LogP contribution in [0.1, 0.15) is 60.3 Å². The van der Waals surface area contributed by atoms with Gasteiger partial charge in [-0.15, -0.1) is 0 Å². The van der Waals surface area contributed by atoms with Gasteiger partial charge in [-0.1, -0.05) is 27.2 Å². The first-order chi connectivity index (χ1) is 7.35. The molecule has 0 aromatic heterocycles. The molecule has 2 rings (SSSR count). The van der Waals surface area contributed by atoms with E-state index < -0.39 is 0 Å². The Bertz CT molecular complexity index is 256. The van der Waals surface area contributed by atoms with Gasteiger partial charge >= 0.3 is 0 Å². The van der Waals surface area contributed by atoms with E-state index in [1.807, 2.05) is 0 Å². The summed E-state index contributed by atoms with van der Waals surface area (Å²) >= 11 is 0. The molecule has 1 aliphatic carbocycles. The molecule has 0 bridgehead atoms. The van der Waals surface area contributed by atoms with E-state index in [1.54, 1.807) is 0 Å². The van der Waals surface area contributed by atoms with Crippen LogP contribution in [0.5, 0.6) is 0 Å². The van der Waals surface area contributed by atoms with Gasteiger partial charge in [0, 0.05) is 12.1 Å². The number of nitrogens with one attached hydrogen (secondary N) is 1. The van der Waals surface area contributed by atoms with Gasteiger partial charge in [-0.05, 0) is 56.3 Å². The molecule has 1 saturated carbocycles. The van der Waals surface area contributed by atoms with Crippen LogP contribution in [0.25, 0.3) is 0 Å². The Morgan fingerprint density at radius 2 is 1.88 bits per heavy atom. The molecule has 1 aliphatic heterocycles. The van der Waals surface area contributed by atoms with Crippen molar-refractivity contribution in [1.82, 2.24) is 5.32 Å². The second kappa shape index (κ2) is 4.01. The van der Waals surface area contributed by atoms with Crippen LogP contribution in [0, 0.1) is 23.2 Å². The molecular weight excluding hydrogens is 194 g/mol. The summed E-state index contributed by atoms with van der Waals surface area (Å²) in [5.74, 6) is 2.73. The van der Waals surface area contributed by atoms with Gasteiger partial charge < -0.3 is 5.32 Å². The minimum absolute atomic E-state index is 0.365. The summed E-state index contributed by atoms with van der Waals surface area (Å²) in [6.45, 7) is 13.3. The first kappa shape index (κ1) is 12.4. The standard InChI is InChI=1S/C15H29N/c1-11(2)13-7-6-12(3)8-15(13)9-14(4,5)16-10-15/h11-13,16H,6-10H2,1-5H3. The molecule has 3 unspecified atom stereocenters. The predicted molar refractivity (Wildman–Crippen MR) is 70.5 cm³/mol. The summed E-state index contributed by atoms with van der Waals surface area (Å²) < 4.78 is 0. The Morgan fingerprint density at radius 3 is 2.38 bits per heavy atom. The van der Waals surface area contributed by atoms with Crippen LogP contribution in [0.15, 0.2) is 0 Å². The summed E-state index contributed by atoms with van der Waals surface area (Å²) in [6, 6.07) is 0. The molecule has 1 N–H and O–H groups in total. The lowest BCUT2D eigenvalue weighted by molar-refractivity contribution is 0.0448. The first-order valence-electron chi connectivity index (χ1n) is 7.10. The van der Waals surface area contributed by atoms with Crippen molar-refractivity contribution in [3.63, 3.8) is 0 Å². The highest BCUT2D eigenvalue weighted by Gasteiger charge is 2.50. The Labute approximate surface area is 101 Å². The number of hydrogen-bond acceptors (Lipinski definition) is 1. The molecule has 1 heteroatoms. The summed E-state index contributed by atoms with van der Waals surface area (Å²) in [6.07, 6.45) is 5.74. The minimum atomic E-state index is 0.365. The molecule has 94 valence electrons. The highest BCUT2D eigenvalue weighted by molar-refractivity contribution is 5.05. The van der Waals surface area contributed by atoms with E-state index in [4.69, 9.17) is 0 Å². The van der Waals surface area contributed by atoms with Gasteiger partial charge in [-0.25, -0.2) is 0 Å². The summed E-state index contributed by atoms with van der Waals surface area (Å²) in [7, 11) is 0. The van der Waals surface area contributed by atoms with Crippen molar-refractivity contribution in [2.45, 2.75) is 65.8 Å². The number of hydrogen-bond donors (Lipinski definition) is 1.